The van der Waals surface area contributed by atoms with Crippen molar-refractivity contribution in [1.29, 1.82) is 0 Å². The van der Waals surface area contributed by atoms with Gasteiger partial charge in [0.2, 0.25) is 5.91 Å². The second kappa shape index (κ2) is 8.65. The lowest BCUT2D eigenvalue weighted by Crippen LogP contribution is -2.33. The first-order chi connectivity index (χ1) is 14.1. The van der Waals surface area contributed by atoms with Crippen molar-refractivity contribution in [3.05, 3.63) is 29.6 Å². The molecule has 8 heteroatoms. The second-order valence-electron chi connectivity index (χ2n) is 7.84. The fourth-order valence-electron chi connectivity index (χ4n) is 3.58. The Balaban J connectivity index is 1.40. The van der Waals surface area contributed by atoms with E-state index in [-0.39, 0.29) is 17.9 Å². The highest BCUT2D eigenvalue weighted by molar-refractivity contribution is 7.99. The van der Waals surface area contributed by atoms with Crippen LogP contribution in [0.15, 0.2) is 23.4 Å². The Morgan fingerprint density at radius 2 is 2.00 bits per heavy atom. The van der Waals surface area contributed by atoms with E-state index in [0.29, 0.717) is 24.9 Å². The highest BCUT2D eigenvalue weighted by atomic mass is 32.2. The normalized spacial score (nSPS) is 16.7. The minimum absolute atomic E-state index is 0.0118. The molecule has 0 spiro atoms. The zero-order valence-corrected chi connectivity index (χ0v) is 18.0. The summed E-state index contributed by atoms with van der Waals surface area (Å²) in [6.07, 6.45) is 2.38. The second-order valence-corrected chi connectivity index (χ2v) is 8.78. The van der Waals surface area contributed by atoms with E-state index >= 15 is 0 Å². The Kier molecular flexibility index (Phi) is 5.99. The molecule has 7 nitrogen and oxygen atoms in total. The topological polar surface area (TPSA) is 78.3 Å². The van der Waals surface area contributed by atoms with Gasteiger partial charge < -0.3 is 19.4 Å². The number of nitrogens with zero attached hydrogens (tertiary/aromatic N) is 3. The van der Waals surface area contributed by atoms with Gasteiger partial charge in [0.1, 0.15) is 19.0 Å². The molecule has 1 aromatic carbocycles. The third-order valence-electron chi connectivity index (χ3n) is 5.25. The molecule has 0 unspecified atom stereocenters. The first-order valence-corrected chi connectivity index (χ1v) is 11.3. The number of thioether (sulfide) groups is 1. The van der Waals surface area contributed by atoms with Crippen LogP contribution in [-0.4, -0.2) is 39.6 Å². The van der Waals surface area contributed by atoms with Crippen LogP contribution in [0.4, 0.5) is 0 Å². The monoisotopic (exact) mass is 416 g/mol. The maximum absolute atomic E-state index is 12.7. The summed E-state index contributed by atoms with van der Waals surface area (Å²) in [5, 5.41) is 12.6. The van der Waals surface area contributed by atoms with Gasteiger partial charge >= 0.3 is 0 Å². The van der Waals surface area contributed by atoms with Gasteiger partial charge in [0, 0.05) is 12.5 Å². The predicted octanol–water partition coefficient (Wildman–Crippen LogP) is 3.55. The average Bonchev–Trinajstić information content (AvgIpc) is 3.49. The summed E-state index contributed by atoms with van der Waals surface area (Å²) in [4.78, 5) is 12.7. The maximum Gasteiger partial charge on any atom is 0.230 e. The summed E-state index contributed by atoms with van der Waals surface area (Å²) < 4.78 is 13.4. The summed E-state index contributed by atoms with van der Waals surface area (Å²) in [5.41, 5.74) is 1.02. The lowest BCUT2D eigenvalue weighted by atomic mass is 9.95. The van der Waals surface area contributed by atoms with Crippen LogP contribution in [0.1, 0.15) is 57.0 Å². The lowest BCUT2D eigenvalue weighted by molar-refractivity contribution is -0.119. The van der Waals surface area contributed by atoms with Crippen molar-refractivity contribution in [1.82, 2.24) is 20.1 Å². The number of hydrogen-bond donors (Lipinski definition) is 1. The van der Waals surface area contributed by atoms with E-state index in [1.54, 1.807) is 0 Å². The molecule has 0 bridgehead atoms. The molecule has 1 saturated carbocycles. The number of fused-ring (bicyclic) bond motifs is 1. The lowest BCUT2D eigenvalue weighted by Gasteiger charge is -2.25. The Morgan fingerprint density at radius 1 is 1.24 bits per heavy atom. The Bertz CT molecular complexity index is 879. The quantitative estimate of drug-likeness (QED) is 0.663. The number of nitrogens with one attached hydrogen (secondary N) is 1. The molecule has 0 radical (unpaired) electrons. The molecule has 2 heterocycles. The van der Waals surface area contributed by atoms with E-state index in [9.17, 15) is 4.79 Å². The molecule has 1 N–H and O–H groups in total. The first kappa shape index (κ1) is 20.1. The van der Waals surface area contributed by atoms with Crippen LogP contribution in [-0.2, 0) is 11.3 Å². The van der Waals surface area contributed by atoms with Crippen LogP contribution in [0, 0.1) is 5.92 Å². The van der Waals surface area contributed by atoms with Gasteiger partial charge in [-0.3, -0.25) is 4.79 Å². The summed E-state index contributed by atoms with van der Waals surface area (Å²) in [6, 6.07) is 5.80. The molecular weight excluding hydrogens is 388 g/mol. The van der Waals surface area contributed by atoms with E-state index in [1.165, 1.54) is 24.6 Å². The van der Waals surface area contributed by atoms with Gasteiger partial charge in [-0.25, -0.2) is 0 Å². The summed E-state index contributed by atoms with van der Waals surface area (Å²) in [7, 11) is 0. The zero-order chi connectivity index (χ0) is 20.4. The minimum atomic E-state index is -0.0926. The van der Waals surface area contributed by atoms with Gasteiger partial charge in [-0.15, -0.1) is 10.2 Å². The molecule has 2 aliphatic rings. The summed E-state index contributed by atoms with van der Waals surface area (Å²) in [6.45, 7) is 8.24. The fourth-order valence-corrected chi connectivity index (χ4v) is 4.40. The maximum atomic E-state index is 12.7. The van der Waals surface area contributed by atoms with Crippen molar-refractivity contribution in [2.45, 2.75) is 57.3 Å². The fraction of sp³-hybridized carbons (Fsp3) is 0.571. The van der Waals surface area contributed by atoms with Crippen LogP contribution < -0.4 is 14.8 Å². The third kappa shape index (κ3) is 4.52. The standard InChI is InChI=1S/C21H28N4O3S/c1-4-25-20(14-5-6-14)23-24-21(25)29-12-18(26)22-19(13(2)3)15-7-8-16-17(11-15)28-10-9-27-16/h7-8,11,13-14,19H,4-6,9-10,12H2,1-3H3,(H,22,26)/t19-/m1/s1. The van der Waals surface area contributed by atoms with Gasteiger partial charge in [0.05, 0.1) is 11.8 Å². The molecule has 156 valence electrons. The number of benzene rings is 1. The SMILES string of the molecule is CCn1c(SCC(=O)N[C@@H](c2ccc3c(c2)OCCO3)C(C)C)nnc1C1CC1. The number of carbonyl (C=O) groups excluding carboxylic acids is 1. The average molecular weight is 417 g/mol. The number of ether oxygens (including phenoxy) is 2. The predicted molar refractivity (Wildman–Crippen MR) is 112 cm³/mol. The Morgan fingerprint density at radius 3 is 2.69 bits per heavy atom. The summed E-state index contributed by atoms with van der Waals surface area (Å²) in [5.74, 6) is 3.66. The van der Waals surface area contributed by atoms with E-state index in [0.717, 1.165) is 34.6 Å². The van der Waals surface area contributed by atoms with E-state index in [4.69, 9.17) is 9.47 Å². The molecule has 1 aliphatic carbocycles. The molecule has 0 saturated heterocycles. The van der Waals surface area contributed by atoms with E-state index < -0.39 is 0 Å². The molecule has 1 aliphatic heterocycles. The molecule has 4 rings (SSSR count). The minimum Gasteiger partial charge on any atom is -0.486 e. The van der Waals surface area contributed by atoms with Crippen molar-refractivity contribution < 1.29 is 14.3 Å². The van der Waals surface area contributed by atoms with Crippen molar-refractivity contribution in [3.8, 4) is 11.5 Å². The van der Waals surface area contributed by atoms with Gasteiger partial charge in [-0.2, -0.15) is 0 Å². The molecule has 29 heavy (non-hydrogen) atoms. The molecular formula is C21H28N4O3S. The van der Waals surface area contributed by atoms with Crippen LogP contribution in [0.2, 0.25) is 0 Å². The zero-order valence-electron chi connectivity index (χ0n) is 17.2. The summed E-state index contributed by atoms with van der Waals surface area (Å²) >= 11 is 1.45. The van der Waals surface area contributed by atoms with Crippen molar-refractivity contribution in [3.63, 3.8) is 0 Å². The van der Waals surface area contributed by atoms with Crippen molar-refractivity contribution in [2.24, 2.45) is 5.92 Å². The number of aromatic nitrogens is 3. The number of rotatable bonds is 8. The van der Waals surface area contributed by atoms with Crippen molar-refractivity contribution in [2.75, 3.05) is 19.0 Å². The van der Waals surface area contributed by atoms with Crippen molar-refractivity contribution >= 4 is 17.7 Å². The number of carbonyl (C=O) groups is 1. The first-order valence-electron chi connectivity index (χ1n) is 10.3. The molecule has 1 fully saturated rings. The largest absolute Gasteiger partial charge is 0.486 e. The number of amides is 1. The van der Waals surface area contributed by atoms with Gasteiger partial charge in [-0.05, 0) is 43.4 Å². The number of hydrogen-bond acceptors (Lipinski definition) is 6. The van der Waals surface area contributed by atoms with Crippen LogP contribution >= 0.6 is 11.8 Å². The highest BCUT2D eigenvalue weighted by Crippen LogP contribution is 2.40. The van der Waals surface area contributed by atoms with Gasteiger partial charge in [-0.1, -0.05) is 31.7 Å². The molecule has 1 atom stereocenters. The third-order valence-corrected chi connectivity index (χ3v) is 6.21. The molecule has 1 aromatic heterocycles. The molecule has 2 aromatic rings. The Labute approximate surface area is 175 Å². The molecule has 1 amide bonds. The highest BCUT2D eigenvalue weighted by Gasteiger charge is 2.30. The van der Waals surface area contributed by atoms with Gasteiger partial charge in [0.15, 0.2) is 16.7 Å². The van der Waals surface area contributed by atoms with Crippen LogP contribution in [0.3, 0.4) is 0 Å². The van der Waals surface area contributed by atoms with Crippen LogP contribution in [0.25, 0.3) is 0 Å². The Hall–Kier alpha value is -2.22. The van der Waals surface area contributed by atoms with E-state index in [2.05, 4.69) is 40.9 Å². The van der Waals surface area contributed by atoms with Crippen LogP contribution in [0.5, 0.6) is 11.5 Å². The van der Waals surface area contributed by atoms with E-state index in [1.807, 2.05) is 18.2 Å². The van der Waals surface area contributed by atoms with Gasteiger partial charge in [0.25, 0.3) is 0 Å². The smallest absolute Gasteiger partial charge is 0.230 e.